The van der Waals surface area contributed by atoms with Crippen LogP contribution in [0.2, 0.25) is 0 Å². The van der Waals surface area contributed by atoms with Gasteiger partial charge >= 0.3 is 5.97 Å². The highest BCUT2D eigenvalue weighted by atomic mass is 19.1. The van der Waals surface area contributed by atoms with Crippen molar-refractivity contribution in [2.75, 3.05) is 20.2 Å². The highest BCUT2D eigenvalue weighted by molar-refractivity contribution is 5.93. The number of carbonyl (C=O) groups excluding carboxylic acids is 2. The van der Waals surface area contributed by atoms with E-state index in [4.69, 9.17) is 9.26 Å². The van der Waals surface area contributed by atoms with E-state index in [-0.39, 0.29) is 22.6 Å². The van der Waals surface area contributed by atoms with Gasteiger partial charge in [0.05, 0.1) is 18.6 Å². The molecule has 0 spiro atoms. The Kier molecular flexibility index (Phi) is 6.21. The molecule has 1 amide bonds. The lowest BCUT2D eigenvalue weighted by molar-refractivity contribution is -0.149. The van der Waals surface area contributed by atoms with Crippen molar-refractivity contribution in [2.24, 2.45) is 5.92 Å². The number of nitrogens with zero attached hydrogens (tertiary/aromatic N) is 2. The Morgan fingerprint density at radius 2 is 2.00 bits per heavy atom. The molecule has 162 valence electrons. The summed E-state index contributed by atoms with van der Waals surface area (Å²) in [5, 5.41) is 6.51. The zero-order chi connectivity index (χ0) is 22.1. The summed E-state index contributed by atoms with van der Waals surface area (Å²) in [7, 11) is 1.32. The molecule has 1 aromatic heterocycles. The number of halogens is 2. The average Bonchev–Trinajstić information content (AvgIpc) is 3.16. The first-order valence-corrected chi connectivity index (χ1v) is 9.66. The summed E-state index contributed by atoms with van der Waals surface area (Å²) in [5.41, 5.74) is -0.189. The first-order chi connectivity index (χ1) is 14.1. The minimum Gasteiger partial charge on any atom is -0.469 e. The minimum atomic E-state index is -0.821. The standard InChI is InChI=1S/C21H25F2N3O4/c1-21(2,3)26-8-7-16(14(11-26)20(28)29-4)24-19(27)17-10-18(30-25-17)13-6-5-12(22)9-15(13)23/h5-6,9-10,14,16H,7-8,11H2,1-4H3,(H,24,27). The zero-order valence-corrected chi connectivity index (χ0v) is 17.4. The van der Waals surface area contributed by atoms with Crippen molar-refractivity contribution in [1.29, 1.82) is 0 Å². The van der Waals surface area contributed by atoms with Crippen LogP contribution in [-0.4, -0.2) is 53.7 Å². The molecule has 2 unspecified atom stereocenters. The molecule has 3 rings (SSSR count). The third kappa shape index (κ3) is 4.67. The van der Waals surface area contributed by atoms with Gasteiger partial charge in [-0.05, 0) is 39.3 Å². The fourth-order valence-electron chi connectivity index (χ4n) is 3.57. The number of piperidine rings is 1. The number of carbonyl (C=O) groups is 2. The van der Waals surface area contributed by atoms with E-state index in [0.717, 1.165) is 12.1 Å². The smallest absolute Gasteiger partial charge is 0.312 e. The third-order valence-electron chi connectivity index (χ3n) is 5.32. The van der Waals surface area contributed by atoms with Gasteiger partial charge in [-0.3, -0.25) is 14.5 Å². The van der Waals surface area contributed by atoms with Gasteiger partial charge in [0.2, 0.25) is 0 Å². The fourth-order valence-corrected chi connectivity index (χ4v) is 3.57. The number of rotatable bonds is 4. The quantitative estimate of drug-likeness (QED) is 0.764. The second kappa shape index (κ2) is 8.51. The first kappa shape index (κ1) is 21.9. The van der Waals surface area contributed by atoms with E-state index in [1.54, 1.807) is 0 Å². The van der Waals surface area contributed by atoms with Crippen molar-refractivity contribution in [3.05, 3.63) is 41.6 Å². The summed E-state index contributed by atoms with van der Waals surface area (Å²) < 4.78 is 37.0. The van der Waals surface area contributed by atoms with Crippen LogP contribution in [0, 0.1) is 17.6 Å². The minimum absolute atomic E-state index is 0.00437. The van der Waals surface area contributed by atoms with Crippen LogP contribution in [0.1, 0.15) is 37.7 Å². The van der Waals surface area contributed by atoms with Crippen LogP contribution in [0.3, 0.4) is 0 Å². The largest absolute Gasteiger partial charge is 0.469 e. The number of amides is 1. The molecule has 1 aliphatic rings. The molecule has 1 aromatic carbocycles. The molecule has 1 N–H and O–H groups in total. The molecule has 2 heterocycles. The molecule has 30 heavy (non-hydrogen) atoms. The van der Waals surface area contributed by atoms with E-state index in [0.29, 0.717) is 19.5 Å². The number of hydrogen-bond donors (Lipinski definition) is 1. The van der Waals surface area contributed by atoms with E-state index in [1.165, 1.54) is 19.2 Å². The first-order valence-electron chi connectivity index (χ1n) is 9.66. The van der Waals surface area contributed by atoms with E-state index >= 15 is 0 Å². The number of ether oxygens (including phenoxy) is 1. The normalized spacial score (nSPS) is 20.1. The summed E-state index contributed by atoms with van der Waals surface area (Å²) in [4.78, 5) is 27.2. The van der Waals surface area contributed by atoms with Crippen molar-refractivity contribution >= 4 is 11.9 Å². The molecule has 2 atom stereocenters. The van der Waals surface area contributed by atoms with Crippen LogP contribution in [-0.2, 0) is 9.53 Å². The van der Waals surface area contributed by atoms with Crippen LogP contribution in [0.4, 0.5) is 8.78 Å². The Labute approximate surface area is 173 Å². The van der Waals surface area contributed by atoms with Gasteiger partial charge in [0.1, 0.15) is 11.6 Å². The monoisotopic (exact) mass is 421 g/mol. The third-order valence-corrected chi connectivity index (χ3v) is 5.32. The number of hydrogen-bond acceptors (Lipinski definition) is 6. The number of likely N-dealkylation sites (tertiary alicyclic amines) is 1. The van der Waals surface area contributed by atoms with Crippen molar-refractivity contribution < 1.29 is 27.6 Å². The number of benzene rings is 1. The van der Waals surface area contributed by atoms with E-state index in [9.17, 15) is 18.4 Å². The van der Waals surface area contributed by atoms with Crippen LogP contribution in [0.15, 0.2) is 28.8 Å². The van der Waals surface area contributed by atoms with Crippen LogP contribution in [0.5, 0.6) is 0 Å². The Bertz CT molecular complexity index is 939. The molecule has 9 heteroatoms. The lowest BCUT2D eigenvalue weighted by Gasteiger charge is -2.44. The van der Waals surface area contributed by atoms with Crippen molar-refractivity contribution in [3.8, 4) is 11.3 Å². The van der Waals surface area contributed by atoms with Gasteiger partial charge in [0.15, 0.2) is 11.5 Å². The van der Waals surface area contributed by atoms with Gasteiger partial charge < -0.3 is 14.6 Å². The predicted octanol–water partition coefficient (Wildman–Crippen LogP) is 3.01. The molecule has 2 aromatic rings. The lowest BCUT2D eigenvalue weighted by atomic mass is 9.89. The van der Waals surface area contributed by atoms with E-state index in [1.807, 2.05) is 0 Å². The Hall–Kier alpha value is -2.81. The molecular formula is C21H25F2N3O4. The second-order valence-electron chi connectivity index (χ2n) is 8.32. The van der Waals surface area contributed by atoms with Crippen LogP contribution >= 0.6 is 0 Å². The highest BCUT2D eigenvalue weighted by Gasteiger charge is 2.39. The molecule has 1 fully saturated rings. The molecule has 7 nitrogen and oxygen atoms in total. The molecule has 1 saturated heterocycles. The van der Waals surface area contributed by atoms with Crippen LogP contribution in [0.25, 0.3) is 11.3 Å². The Morgan fingerprint density at radius 3 is 2.63 bits per heavy atom. The number of methoxy groups -OCH3 is 1. The van der Waals surface area contributed by atoms with Crippen LogP contribution < -0.4 is 5.32 Å². The Balaban J connectivity index is 1.75. The van der Waals surface area contributed by atoms with Gasteiger partial charge in [0, 0.05) is 36.8 Å². The molecule has 0 radical (unpaired) electrons. The molecule has 0 bridgehead atoms. The SMILES string of the molecule is COC(=O)C1CN(C(C)(C)C)CCC1NC(=O)c1cc(-c2ccc(F)cc2F)on1. The molecule has 0 saturated carbocycles. The summed E-state index contributed by atoms with van der Waals surface area (Å²) in [6.45, 7) is 7.34. The summed E-state index contributed by atoms with van der Waals surface area (Å²) in [6.07, 6.45) is 0.556. The maximum Gasteiger partial charge on any atom is 0.312 e. The van der Waals surface area contributed by atoms with Gasteiger partial charge in [0.25, 0.3) is 5.91 Å². The maximum atomic E-state index is 13.9. The maximum absolute atomic E-state index is 13.9. The van der Waals surface area contributed by atoms with E-state index < -0.39 is 35.5 Å². The summed E-state index contributed by atoms with van der Waals surface area (Å²) in [5.74, 6) is -3.01. The zero-order valence-electron chi connectivity index (χ0n) is 17.4. The summed E-state index contributed by atoms with van der Waals surface area (Å²) >= 11 is 0. The number of esters is 1. The van der Waals surface area contributed by atoms with E-state index in [2.05, 4.69) is 36.1 Å². The van der Waals surface area contributed by atoms with Gasteiger partial charge in [-0.2, -0.15) is 0 Å². The van der Waals surface area contributed by atoms with Gasteiger partial charge in [-0.15, -0.1) is 0 Å². The second-order valence-corrected chi connectivity index (χ2v) is 8.32. The fraction of sp³-hybridized carbons (Fsp3) is 0.476. The Morgan fingerprint density at radius 1 is 1.27 bits per heavy atom. The number of aromatic nitrogens is 1. The summed E-state index contributed by atoms with van der Waals surface area (Å²) in [6, 6.07) is 3.86. The van der Waals surface area contributed by atoms with Crippen molar-refractivity contribution in [2.45, 2.75) is 38.8 Å². The molecule has 1 aliphatic heterocycles. The average molecular weight is 421 g/mol. The predicted molar refractivity (Wildman–Crippen MR) is 105 cm³/mol. The topological polar surface area (TPSA) is 84.7 Å². The van der Waals surface area contributed by atoms with Crippen molar-refractivity contribution in [1.82, 2.24) is 15.4 Å². The molecular weight excluding hydrogens is 396 g/mol. The van der Waals surface area contributed by atoms with Gasteiger partial charge in [-0.25, -0.2) is 8.78 Å². The lowest BCUT2D eigenvalue weighted by Crippen LogP contribution is -2.57. The van der Waals surface area contributed by atoms with Gasteiger partial charge in [-0.1, -0.05) is 5.16 Å². The number of nitrogens with one attached hydrogen (secondary N) is 1. The van der Waals surface area contributed by atoms with Crippen molar-refractivity contribution in [3.63, 3.8) is 0 Å². The highest BCUT2D eigenvalue weighted by Crippen LogP contribution is 2.27. The molecule has 0 aliphatic carbocycles.